The third kappa shape index (κ3) is 7.88. The monoisotopic (exact) mass is 1080 g/mol. The van der Waals surface area contributed by atoms with Crippen molar-refractivity contribution < 1.29 is 55.1 Å². The predicted molar refractivity (Wildman–Crippen MR) is 296 cm³/mol. The summed E-state index contributed by atoms with van der Waals surface area (Å²) in [7, 11) is -5.98. The minimum atomic E-state index is -3.71. The Hall–Kier alpha value is -9.08. The van der Waals surface area contributed by atoms with E-state index in [2.05, 4.69) is 0 Å². The number of hydrogen-bond acceptors (Lipinski definition) is 12. The molecule has 6 heterocycles. The predicted octanol–water partition coefficient (Wildman–Crippen LogP) is 13.5. The van der Waals surface area contributed by atoms with Gasteiger partial charge in [0, 0.05) is 50.1 Å². The maximum atomic E-state index is 13.3. The number of benzene rings is 9. The molecule has 0 unspecified atom stereocenters. The van der Waals surface area contributed by atoms with Crippen molar-refractivity contribution in [2.24, 2.45) is 0 Å². The average Bonchev–Trinajstić information content (AvgIpc) is 3.36. The van der Waals surface area contributed by atoms with Crippen LogP contribution in [-0.2, 0) is 51.4 Å². The molecule has 0 aromatic heterocycles. The summed E-state index contributed by atoms with van der Waals surface area (Å²) in [6, 6.07) is 66.5. The molecular formula is C65H48O12SSi. The average molecular weight is 1080 g/mol. The SMILES string of the molecule is C[Si](C)(C)OS(=O)(=O)CCc1cccc2c1C(=O)OC21c2ccccc2Oc2ccccc21.O=C1OC2(c3ccccc3Oc3ccccc32)c2ccccc21.O=C1OC2(c3ccccc3Oc3ccccc32)c2ccccc21. The van der Waals surface area contributed by atoms with E-state index in [4.69, 9.17) is 32.3 Å². The minimum Gasteiger partial charge on any atom is -0.456 e. The van der Waals surface area contributed by atoms with Gasteiger partial charge in [-0.1, -0.05) is 164 Å². The number of ether oxygens (including phenoxy) is 6. The van der Waals surface area contributed by atoms with Gasteiger partial charge < -0.3 is 32.3 Å². The summed E-state index contributed by atoms with van der Waals surface area (Å²) in [5.41, 5.74) is 6.58. The normalized spacial score (nSPS) is 16.0. The summed E-state index contributed by atoms with van der Waals surface area (Å²) in [5.74, 6) is 2.83. The molecule has 12 nitrogen and oxygen atoms in total. The molecule has 3 spiro atoms. The van der Waals surface area contributed by atoms with Crippen molar-refractivity contribution in [3.05, 3.63) is 285 Å². The molecule has 6 aliphatic heterocycles. The Labute approximate surface area is 456 Å². The van der Waals surface area contributed by atoms with Crippen LogP contribution in [0.1, 0.15) is 86.7 Å². The molecule has 0 saturated carbocycles. The first-order valence-electron chi connectivity index (χ1n) is 25.8. The van der Waals surface area contributed by atoms with Crippen molar-refractivity contribution in [1.82, 2.24) is 0 Å². The van der Waals surface area contributed by atoms with Crippen molar-refractivity contribution in [2.75, 3.05) is 5.75 Å². The van der Waals surface area contributed by atoms with E-state index in [0.717, 1.165) is 67.5 Å². The van der Waals surface area contributed by atoms with Gasteiger partial charge in [0.1, 0.15) is 34.5 Å². The first-order valence-corrected chi connectivity index (χ1v) is 30.8. The van der Waals surface area contributed by atoms with Crippen LogP contribution in [0.2, 0.25) is 19.6 Å². The standard InChI is InChI=1S/C25H24O6SSi.2C20H12O3/c1-33(2,3)31-32(27,28)16-15-17-9-8-12-20-23(17)24(26)30-25(20)18-10-4-6-13-21(18)29-22-14-7-5-11-19(22)25;2*21-19-13-7-1-2-8-14(13)20(23-19)15-9-3-5-11-17(15)22-18-12-6-4-10-16(18)20/h4-14H,15-16H2,1-3H3;2*1-12H. The van der Waals surface area contributed by atoms with Gasteiger partial charge in [0.25, 0.3) is 10.1 Å². The second-order valence-corrected chi connectivity index (χ2v) is 27.0. The fourth-order valence-electron chi connectivity index (χ4n) is 11.7. The van der Waals surface area contributed by atoms with Gasteiger partial charge >= 0.3 is 17.9 Å². The third-order valence-electron chi connectivity index (χ3n) is 14.8. The number of fused-ring (bicyclic) bond motifs is 18. The largest absolute Gasteiger partial charge is 0.456 e. The molecule has 390 valence electrons. The molecule has 0 atom stereocenters. The second-order valence-electron chi connectivity index (χ2n) is 20.6. The number of rotatable bonds is 5. The van der Waals surface area contributed by atoms with E-state index in [-0.39, 0.29) is 24.1 Å². The van der Waals surface area contributed by atoms with Crippen LogP contribution >= 0.6 is 0 Å². The maximum Gasteiger partial charge on any atom is 0.340 e. The maximum absolute atomic E-state index is 13.3. The van der Waals surface area contributed by atoms with Crippen LogP contribution in [0.15, 0.2) is 212 Å². The Morgan fingerprint density at radius 1 is 0.367 bits per heavy atom. The van der Waals surface area contributed by atoms with E-state index in [1.165, 1.54) is 0 Å². The van der Waals surface area contributed by atoms with Crippen LogP contribution < -0.4 is 14.2 Å². The third-order valence-corrected chi connectivity index (χ3v) is 18.5. The molecule has 9 aromatic carbocycles. The fourth-order valence-corrected chi connectivity index (χ4v) is 15.6. The number of aryl methyl sites for hydroxylation is 1. The topological polar surface area (TPSA) is 150 Å². The van der Waals surface area contributed by atoms with Gasteiger partial charge in [-0.3, -0.25) is 0 Å². The van der Waals surface area contributed by atoms with E-state index >= 15 is 0 Å². The lowest BCUT2D eigenvalue weighted by Gasteiger charge is -2.36. The van der Waals surface area contributed by atoms with Crippen LogP contribution in [-0.4, -0.2) is 40.4 Å². The molecule has 0 saturated heterocycles. The molecule has 0 N–H and O–H groups in total. The number of esters is 3. The number of para-hydroxylation sites is 6. The summed E-state index contributed by atoms with van der Waals surface area (Å²) < 4.78 is 66.7. The van der Waals surface area contributed by atoms with Crippen LogP contribution in [0, 0.1) is 0 Å². The Kier molecular flexibility index (Phi) is 11.6. The van der Waals surface area contributed by atoms with Crippen LogP contribution in [0.25, 0.3) is 0 Å². The summed E-state index contributed by atoms with van der Waals surface area (Å²) in [6.45, 7) is 5.48. The lowest BCUT2D eigenvalue weighted by molar-refractivity contribution is 0.0214. The molecule has 9 aromatic rings. The molecule has 79 heavy (non-hydrogen) atoms. The Morgan fingerprint density at radius 3 is 1.01 bits per heavy atom. The van der Waals surface area contributed by atoms with E-state index in [9.17, 15) is 22.8 Å². The molecule has 0 aliphatic carbocycles. The summed E-state index contributed by atoms with van der Waals surface area (Å²) in [5, 5.41) is 0. The molecule has 14 heteroatoms. The van der Waals surface area contributed by atoms with Crippen molar-refractivity contribution in [3.8, 4) is 34.5 Å². The van der Waals surface area contributed by atoms with Crippen LogP contribution in [0.3, 0.4) is 0 Å². The van der Waals surface area contributed by atoms with E-state index < -0.39 is 41.2 Å². The van der Waals surface area contributed by atoms with Gasteiger partial charge in [-0.2, -0.15) is 0 Å². The molecule has 0 bridgehead atoms. The fraction of sp³-hybridized carbons (Fsp3) is 0.123. The Bertz CT molecular complexity index is 3830. The Balaban J connectivity index is 0.000000115. The molecule has 15 rings (SSSR count). The molecule has 6 aliphatic rings. The lowest BCUT2D eigenvalue weighted by Crippen LogP contribution is -2.32. The number of hydrogen-bond donors (Lipinski definition) is 0. The number of carbonyl (C=O) groups is 3. The van der Waals surface area contributed by atoms with Crippen molar-refractivity contribution >= 4 is 36.3 Å². The minimum absolute atomic E-state index is 0.154. The summed E-state index contributed by atoms with van der Waals surface area (Å²) in [4.78, 5) is 38.3. The summed E-state index contributed by atoms with van der Waals surface area (Å²) >= 11 is 0. The quantitative estimate of drug-likeness (QED) is 0.0917. The lowest BCUT2D eigenvalue weighted by atomic mass is 9.77. The molecule has 0 amide bonds. The summed E-state index contributed by atoms with van der Waals surface area (Å²) in [6.07, 6.45) is 0.154. The zero-order valence-electron chi connectivity index (χ0n) is 42.9. The highest BCUT2D eigenvalue weighted by Gasteiger charge is 2.56. The Morgan fingerprint density at radius 2 is 0.658 bits per heavy atom. The van der Waals surface area contributed by atoms with Gasteiger partial charge in [0.05, 0.1) is 22.4 Å². The molecular weight excluding hydrogens is 1030 g/mol. The first-order chi connectivity index (χ1) is 38.2. The van der Waals surface area contributed by atoms with Crippen LogP contribution in [0.5, 0.6) is 34.5 Å². The van der Waals surface area contributed by atoms with E-state index in [1.54, 1.807) is 6.07 Å². The van der Waals surface area contributed by atoms with Gasteiger partial charge in [0.2, 0.25) is 8.32 Å². The smallest absolute Gasteiger partial charge is 0.340 e. The molecule has 0 fully saturated rings. The van der Waals surface area contributed by atoms with Gasteiger partial charge in [0.15, 0.2) is 16.8 Å². The van der Waals surface area contributed by atoms with Crippen LogP contribution in [0.4, 0.5) is 0 Å². The highest BCUT2D eigenvalue weighted by atomic mass is 32.2. The molecule has 0 radical (unpaired) electrons. The van der Waals surface area contributed by atoms with Crippen molar-refractivity contribution in [2.45, 2.75) is 42.9 Å². The van der Waals surface area contributed by atoms with Crippen molar-refractivity contribution in [3.63, 3.8) is 0 Å². The van der Waals surface area contributed by atoms with E-state index in [0.29, 0.717) is 39.3 Å². The number of carbonyl (C=O) groups excluding carboxylic acids is 3. The highest BCUT2D eigenvalue weighted by Crippen LogP contribution is 2.59. The second kappa shape index (κ2) is 18.5. The van der Waals surface area contributed by atoms with Gasteiger partial charge in [-0.15, -0.1) is 0 Å². The highest BCUT2D eigenvalue weighted by molar-refractivity contribution is 7.87. The van der Waals surface area contributed by atoms with Gasteiger partial charge in [-0.05, 0) is 80.2 Å². The zero-order valence-corrected chi connectivity index (χ0v) is 44.7. The van der Waals surface area contributed by atoms with E-state index in [1.807, 2.05) is 226 Å². The zero-order chi connectivity index (χ0) is 54.3. The van der Waals surface area contributed by atoms with Crippen molar-refractivity contribution in [1.29, 1.82) is 0 Å². The first kappa shape index (κ1) is 49.5. The van der Waals surface area contributed by atoms with Gasteiger partial charge in [-0.25, -0.2) is 22.8 Å².